The number of carbonyl (C=O) groups excluding carboxylic acids is 1. The third-order valence-corrected chi connectivity index (χ3v) is 4.85. The van der Waals surface area contributed by atoms with Crippen molar-refractivity contribution in [3.8, 4) is 0 Å². The van der Waals surface area contributed by atoms with Crippen LogP contribution >= 0.6 is 0 Å². The summed E-state index contributed by atoms with van der Waals surface area (Å²) in [4.78, 5) is 14.0. The number of benzene rings is 1. The maximum Gasteiger partial charge on any atom is 0.232 e. The van der Waals surface area contributed by atoms with Crippen LogP contribution < -0.4 is 14.5 Å². The van der Waals surface area contributed by atoms with Gasteiger partial charge >= 0.3 is 0 Å². The first-order valence-electron chi connectivity index (χ1n) is 8.31. The molecule has 1 rings (SSSR count). The average Bonchev–Trinajstić information content (AvgIpc) is 2.48. The highest BCUT2D eigenvalue weighted by Crippen LogP contribution is 2.22. The predicted molar refractivity (Wildman–Crippen MR) is 100 cm³/mol. The molecule has 7 heteroatoms. The van der Waals surface area contributed by atoms with E-state index in [1.54, 1.807) is 12.1 Å². The molecule has 0 unspecified atom stereocenters. The third-order valence-electron chi connectivity index (χ3n) is 3.66. The zero-order valence-electron chi connectivity index (χ0n) is 15.2. The summed E-state index contributed by atoms with van der Waals surface area (Å²) in [6, 6.07) is 7.44. The predicted octanol–water partition coefficient (Wildman–Crippen LogP) is 2.21. The molecule has 1 amide bonds. The van der Waals surface area contributed by atoms with E-state index in [0.717, 1.165) is 25.0 Å². The molecule has 0 atom stereocenters. The van der Waals surface area contributed by atoms with Crippen LogP contribution in [0.25, 0.3) is 0 Å². The van der Waals surface area contributed by atoms with Crippen molar-refractivity contribution < 1.29 is 13.2 Å². The average molecular weight is 356 g/mol. The van der Waals surface area contributed by atoms with Crippen molar-refractivity contribution in [2.24, 2.45) is 0 Å². The normalized spacial score (nSPS) is 11.4. The maximum atomic E-state index is 12.1. The molecule has 0 heterocycles. The van der Waals surface area contributed by atoms with Gasteiger partial charge in [0.1, 0.15) is 0 Å². The molecule has 0 saturated heterocycles. The maximum absolute atomic E-state index is 12.1. The van der Waals surface area contributed by atoms with Gasteiger partial charge in [-0.3, -0.25) is 9.10 Å². The number of nitrogens with one attached hydrogen (secondary N) is 1. The van der Waals surface area contributed by atoms with Crippen LogP contribution in [0.5, 0.6) is 0 Å². The van der Waals surface area contributed by atoms with Crippen molar-refractivity contribution in [1.29, 1.82) is 0 Å². The highest BCUT2D eigenvalue weighted by molar-refractivity contribution is 7.92. The van der Waals surface area contributed by atoms with Crippen LogP contribution in [0.1, 0.15) is 34.1 Å². The zero-order chi connectivity index (χ0) is 18.3. The molecule has 0 fully saturated rings. The molecule has 1 aromatic carbocycles. The Labute approximate surface area is 145 Å². The lowest BCUT2D eigenvalue weighted by Gasteiger charge is -2.25. The van der Waals surface area contributed by atoms with E-state index in [1.807, 2.05) is 26.0 Å². The summed E-state index contributed by atoms with van der Waals surface area (Å²) >= 11 is 0. The smallest absolute Gasteiger partial charge is 0.232 e. The van der Waals surface area contributed by atoms with Crippen LogP contribution in [0.2, 0.25) is 0 Å². The fourth-order valence-corrected chi connectivity index (χ4v) is 3.43. The zero-order valence-corrected chi connectivity index (χ0v) is 16.1. The van der Waals surface area contributed by atoms with E-state index in [9.17, 15) is 13.2 Å². The van der Waals surface area contributed by atoms with Crippen LogP contribution in [0, 0.1) is 0 Å². The van der Waals surface area contributed by atoms with Gasteiger partial charge in [0.15, 0.2) is 0 Å². The minimum atomic E-state index is -3.45. The molecule has 0 spiro atoms. The number of hydrogen-bond acceptors (Lipinski definition) is 4. The minimum absolute atomic E-state index is 0.0394. The van der Waals surface area contributed by atoms with E-state index in [2.05, 4.69) is 24.1 Å². The monoisotopic (exact) mass is 355 g/mol. The molecular formula is C17H29N3O3S. The van der Waals surface area contributed by atoms with Gasteiger partial charge in [0.2, 0.25) is 15.9 Å². The highest BCUT2D eigenvalue weighted by Gasteiger charge is 2.19. The number of hydrogen-bond donors (Lipinski definition) is 1. The van der Waals surface area contributed by atoms with Gasteiger partial charge in [0.05, 0.1) is 11.9 Å². The molecule has 0 aliphatic carbocycles. The molecule has 6 nitrogen and oxygen atoms in total. The molecule has 24 heavy (non-hydrogen) atoms. The van der Waals surface area contributed by atoms with Gasteiger partial charge in [-0.15, -0.1) is 0 Å². The minimum Gasteiger partial charge on any atom is -0.372 e. The quantitative estimate of drug-likeness (QED) is 0.737. The van der Waals surface area contributed by atoms with E-state index in [1.165, 1.54) is 4.31 Å². The molecule has 0 aliphatic heterocycles. The van der Waals surface area contributed by atoms with Gasteiger partial charge in [0.25, 0.3) is 0 Å². The highest BCUT2D eigenvalue weighted by atomic mass is 32.2. The van der Waals surface area contributed by atoms with Gasteiger partial charge in [-0.2, -0.15) is 0 Å². The molecule has 0 bridgehead atoms. The fraction of sp³-hybridized carbons (Fsp3) is 0.588. The number of carbonyl (C=O) groups is 1. The topological polar surface area (TPSA) is 69.7 Å². The standard InChI is InChI=1S/C17H29N3O3S/c1-6-19(7-2)15-8-10-16(11-9-15)20(24(5,22)23)13-12-17(21)18-14(3)4/h8-11,14H,6-7,12-13H2,1-5H3,(H,18,21). The van der Waals surface area contributed by atoms with Crippen LogP contribution in [0.4, 0.5) is 11.4 Å². The lowest BCUT2D eigenvalue weighted by atomic mass is 10.2. The molecule has 136 valence electrons. The summed E-state index contributed by atoms with van der Waals surface area (Å²) < 4.78 is 25.4. The van der Waals surface area contributed by atoms with Crippen LogP contribution in [0.3, 0.4) is 0 Å². The molecule has 1 N–H and O–H groups in total. The molecule has 0 aromatic heterocycles. The van der Waals surface area contributed by atoms with E-state index in [4.69, 9.17) is 0 Å². The summed E-state index contributed by atoms with van der Waals surface area (Å²) in [5.74, 6) is -0.154. The van der Waals surface area contributed by atoms with Crippen LogP contribution in [0.15, 0.2) is 24.3 Å². The molecule has 0 radical (unpaired) electrons. The number of sulfonamides is 1. The summed E-state index contributed by atoms with van der Waals surface area (Å²) in [7, 11) is -3.45. The number of nitrogens with zero attached hydrogens (tertiary/aromatic N) is 2. The Balaban J connectivity index is 2.91. The van der Waals surface area contributed by atoms with Gasteiger partial charge in [0, 0.05) is 37.8 Å². The Bertz CT molecular complexity index is 623. The first kappa shape index (κ1) is 20.3. The first-order valence-corrected chi connectivity index (χ1v) is 10.2. The second kappa shape index (κ2) is 8.92. The number of amides is 1. The lowest BCUT2D eigenvalue weighted by molar-refractivity contribution is -0.121. The molecule has 0 aliphatic rings. The second-order valence-electron chi connectivity index (χ2n) is 6.00. The SMILES string of the molecule is CCN(CC)c1ccc(N(CCC(=O)NC(C)C)S(C)(=O)=O)cc1. The van der Waals surface area contributed by atoms with Crippen molar-refractivity contribution in [2.45, 2.75) is 40.2 Å². The summed E-state index contributed by atoms with van der Waals surface area (Å²) in [5, 5.41) is 2.77. The van der Waals surface area contributed by atoms with Gasteiger partial charge in [-0.1, -0.05) is 0 Å². The second-order valence-corrected chi connectivity index (χ2v) is 7.90. The lowest BCUT2D eigenvalue weighted by Crippen LogP contribution is -2.36. The van der Waals surface area contributed by atoms with Crippen molar-refractivity contribution in [3.63, 3.8) is 0 Å². The Morgan fingerprint density at radius 2 is 1.58 bits per heavy atom. The van der Waals surface area contributed by atoms with Crippen LogP contribution in [-0.2, 0) is 14.8 Å². The van der Waals surface area contributed by atoms with E-state index in [-0.39, 0.29) is 24.9 Å². The largest absolute Gasteiger partial charge is 0.372 e. The van der Waals surface area contributed by atoms with E-state index >= 15 is 0 Å². The van der Waals surface area contributed by atoms with Crippen molar-refractivity contribution in [3.05, 3.63) is 24.3 Å². The van der Waals surface area contributed by atoms with Crippen molar-refractivity contribution >= 4 is 27.3 Å². The summed E-state index contributed by atoms with van der Waals surface area (Å²) in [6.07, 6.45) is 1.29. The Hall–Kier alpha value is -1.76. The third kappa shape index (κ3) is 6.03. The fourth-order valence-electron chi connectivity index (χ4n) is 2.50. The molecular weight excluding hydrogens is 326 g/mol. The summed E-state index contributed by atoms with van der Waals surface area (Å²) in [6.45, 7) is 9.81. The molecule has 0 saturated carbocycles. The van der Waals surface area contributed by atoms with Crippen LogP contribution in [-0.4, -0.2) is 46.3 Å². The van der Waals surface area contributed by atoms with Crippen molar-refractivity contribution in [2.75, 3.05) is 35.1 Å². The summed E-state index contributed by atoms with van der Waals surface area (Å²) in [5.41, 5.74) is 1.63. The van der Waals surface area contributed by atoms with E-state index < -0.39 is 10.0 Å². The van der Waals surface area contributed by atoms with E-state index in [0.29, 0.717) is 5.69 Å². The van der Waals surface area contributed by atoms with Gasteiger partial charge < -0.3 is 10.2 Å². The Morgan fingerprint density at radius 3 is 2.00 bits per heavy atom. The van der Waals surface area contributed by atoms with Gasteiger partial charge in [-0.25, -0.2) is 8.42 Å². The first-order chi connectivity index (χ1) is 11.2. The number of anilines is 2. The molecule has 1 aromatic rings. The number of rotatable bonds is 9. The Kier molecular flexibility index (Phi) is 7.54. The van der Waals surface area contributed by atoms with Gasteiger partial charge in [-0.05, 0) is 52.0 Å². The van der Waals surface area contributed by atoms with Crippen molar-refractivity contribution in [1.82, 2.24) is 5.32 Å². The Morgan fingerprint density at radius 1 is 1.08 bits per heavy atom.